The van der Waals surface area contributed by atoms with Crippen LogP contribution in [0.1, 0.15) is 19.8 Å². The van der Waals surface area contributed by atoms with Crippen LogP contribution in [0.25, 0.3) is 0 Å². The summed E-state index contributed by atoms with van der Waals surface area (Å²) >= 11 is 0. The predicted molar refractivity (Wildman–Crippen MR) is 54.3 cm³/mol. The van der Waals surface area contributed by atoms with E-state index in [9.17, 15) is 9.59 Å². The minimum Gasteiger partial charge on any atom is -0.480 e. The number of amides is 1. The van der Waals surface area contributed by atoms with E-state index in [1.165, 1.54) is 7.11 Å². The van der Waals surface area contributed by atoms with Gasteiger partial charge in [0.25, 0.3) is 0 Å². The molecule has 0 heterocycles. The lowest BCUT2D eigenvalue weighted by molar-refractivity contribution is -0.142. The molecular formula is C9H18N2O4. The Morgan fingerprint density at radius 3 is 2.53 bits per heavy atom. The van der Waals surface area contributed by atoms with Gasteiger partial charge in [-0.3, -0.25) is 4.79 Å². The number of hydrogen-bond acceptors (Lipinski definition) is 4. The molecule has 0 saturated heterocycles. The van der Waals surface area contributed by atoms with Crippen molar-refractivity contribution in [2.24, 2.45) is 5.73 Å². The molecule has 0 radical (unpaired) electrons. The van der Waals surface area contributed by atoms with Gasteiger partial charge in [-0.1, -0.05) is 0 Å². The fourth-order valence-electron chi connectivity index (χ4n) is 1.04. The summed E-state index contributed by atoms with van der Waals surface area (Å²) in [5, 5.41) is 11.2. The number of hydrogen-bond donors (Lipinski definition) is 3. The average Bonchev–Trinajstić information content (AvgIpc) is 2.10. The van der Waals surface area contributed by atoms with E-state index in [2.05, 4.69) is 5.32 Å². The summed E-state index contributed by atoms with van der Waals surface area (Å²) in [5.74, 6) is -1.42. The summed E-state index contributed by atoms with van der Waals surface area (Å²) < 4.78 is 4.75. The highest BCUT2D eigenvalue weighted by Gasteiger charge is 2.19. The van der Waals surface area contributed by atoms with Crippen LogP contribution in [0.4, 0.5) is 0 Å². The minimum atomic E-state index is -1.06. The predicted octanol–water partition coefficient (Wildman–Crippen LogP) is -0.670. The van der Waals surface area contributed by atoms with Gasteiger partial charge in [-0.2, -0.15) is 0 Å². The molecule has 6 nitrogen and oxygen atoms in total. The first-order valence-electron chi connectivity index (χ1n) is 4.74. The fourth-order valence-corrected chi connectivity index (χ4v) is 1.04. The van der Waals surface area contributed by atoms with E-state index < -0.39 is 12.0 Å². The molecule has 2 atom stereocenters. The Hall–Kier alpha value is -1.14. The molecule has 88 valence electrons. The number of carboxylic acids is 1. The van der Waals surface area contributed by atoms with Crippen molar-refractivity contribution in [1.82, 2.24) is 5.32 Å². The number of methoxy groups -OCH3 is 1. The summed E-state index contributed by atoms with van der Waals surface area (Å²) in [6, 6.07) is -1.18. The van der Waals surface area contributed by atoms with Crippen LogP contribution >= 0.6 is 0 Å². The van der Waals surface area contributed by atoms with Crippen molar-refractivity contribution in [3.05, 3.63) is 0 Å². The second-order valence-corrected chi connectivity index (χ2v) is 3.42. The van der Waals surface area contributed by atoms with Gasteiger partial charge in [-0.15, -0.1) is 0 Å². The molecule has 0 saturated carbocycles. The van der Waals surface area contributed by atoms with Crippen LogP contribution in [-0.2, 0) is 14.3 Å². The Morgan fingerprint density at radius 2 is 2.13 bits per heavy atom. The molecule has 0 aromatic carbocycles. The van der Waals surface area contributed by atoms with Gasteiger partial charge in [0, 0.05) is 32.6 Å². The van der Waals surface area contributed by atoms with E-state index in [0.29, 0.717) is 0 Å². The van der Waals surface area contributed by atoms with Crippen LogP contribution in [-0.4, -0.2) is 42.8 Å². The molecule has 0 fully saturated rings. The summed E-state index contributed by atoms with van der Waals surface area (Å²) in [6.45, 7) is 1.97. The molecule has 0 bridgehead atoms. The largest absolute Gasteiger partial charge is 0.480 e. The zero-order chi connectivity index (χ0) is 11.8. The minimum absolute atomic E-state index is 0.122. The number of ether oxygens (including phenoxy) is 1. The number of aliphatic carboxylic acids is 1. The van der Waals surface area contributed by atoms with E-state index >= 15 is 0 Å². The molecule has 1 amide bonds. The van der Waals surface area contributed by atoms with E-state index in [-0.39, 0.29) is 31.4 Å². The van der Waals surface area contributed by atoms with Crippen molar-refractivity contribution in [2.75, 3.05) is 13.7 Å². The molecular weight excluding hydrogens is 200 g/mol. The Bertz CT molecular complexity index is 218. The van der Waals surface area contributed by atoms with E-state index in [4.69, 9.17) is 15.6 Å². The van der Waals surface area contributed by atoms with Gasteiger partial charge in [-0.25, -0.2) is 4.79 Å². The zero-order valence-electron chi connectivity index (χ0n) is 9.03. The van der Waals surface area contributed by atoms with Gasteiger partial charge in [0.15, 0.2) is 0 Å². The molecule has 0 aromatic heterocycles. The molecule has 0 aliphatic rings. The molecule has 2 unspecified atom stereocenters. The Morgan fingerprint density at radius 1 is 1.53 bits per heavy atom. The van der Waals surface area contributed by atoms with Crippen LogP contribution in [0.2, 0.25) is 0 Å². The Balaban J connectivity index is 4.04. The third-order valence-corrected chi connectivity index (χ3v) is 1.75. The first kappa shape index (κ1) is 13.9. The molecule has 0 aromatic rings. The first-order valence-corrected chi connectivity index (χ1v) is 4.74. The second kappa shape index (κ2) is 7.19. The van der Waals surface area contributed by atoms with E-state index in [0.717, 1.165) is 0 Å². The number of carbonyl (C=O) groups is 2. The normalized spacial score (nSPS) is 14.3. The van der Waals surface area contributed by atoms with Gasteiger partial charge in [0.05, 0.1) is 0 Å². The van der Waals surface area contributed by atoms with Crippen molar-refractivity contribution in [2.45, 2.75) is 31.8 Å². The zero-order valence-corrected chi connectivity index (χ0v) is 9.03. The van der Waals surface area contributed by atoms with Gasteiger partial charge >= 0.3 is 5.97 Å². The molecule has 0 spiro atoms. The van der Waals surface area contributed by atoms with Crippen molar-refractivity contribution in [3.63, 3.8) is 0 Å². The average molecular weight is 218 g/mol. The maximum absolute atomic E-state index is 11.2. The highest BCUT2D eigenvalue weighted by Crippen LogP contribution is 1.95. The van der Waals surface area contributed by atoms with Crippen molar-refractivity contribution in [3.8, 4) is 0 Å². The SMILES string of the molecule is COCCC(NC(=O)CC(C)N)C(=O)O. The lowest BCUT2D eigenvalue weighted by atomic mass is 10.2. The molecule has 0 rings (SSSR count). The number of nitrogens with one attached hydrogen (secondary N) is 1. The van der Waals surface area contributed by atoms with Crippen LogP contribution in [0.5, 0.6) is 0 Å². The van der Waals surface area contributed by atoms with Crippen LogP contribution in [0.15, 0.2) is 0 Å². The van der Waals surface area contributed by atoms with E-state index in [1.807, 2.05) is 0 Å². The smallest absolute Gasteiger partial charge is 0.326 e. The summed E-state index contributed by atoms with van der Waals surface area (Å²) in [7, 11) is 1.47. The fraction of sp³-hybridized carbons (Fsp3) is 0.778. The monoisotopic (exact) mass is 218 g/mol. The van der Waals surface area contributed by atoms with E-state index in [1.54, 1.807) is 6.92 Å². The summed E-state index contributed by atoms with van der Waals surface area (Å²) in [5.41, 5.74) is 5.41. The molecule has 0 aliphatic heterocycles. The number of nitrogens with two attached hydrogens (primary N) is 1. The second-order valence-electron chi connectivity index (χ2n) is 3.42. The van der Waals surface area contributed by atoms with Crippen LogP contribution in [0.3, 0.4) is 0 Å². The highest BCUT2D eigenvalue weighted by atomic mass is 16.5. The quantitative estimate of drug-likeness (QED) is 0.526. The van der Waals surface area contributed by atoms with Gasteiger partial charge in [0.2, 0.25) is 5.91 Å². The van der Waals surface area contributed by atoms with Crippen LogP contribution < -0.4 is 11.1 Å². The number of rotatable bonds is 7. The molecule has 15 heavy (non-hydrogen) atoms. The van der Waals surface area contributed by atoms with Crippen LogP contribution in [0, 0.1) is 0 Å². The third-order valence-electron chi connectivity index (χ3n) is 1.75. The van der Waals surface area contributed by atoms with Crippen molar-refractivity contribution in [1.29, 1.82) is 0 Å². The Labute approximate surface area is 88.8 Å². The molecule has 4 N–H and O–H groups in total. The van der Waals surface area contributed by atoms with Crippen molar-refractivity contribution < 1.29 is 19.4 Å². The van der Waals surface area contributed by atoms with Gasteiger partial charge < -0.3 is 20.9 Å². The Kier molecular flexibility index (Phi) is 6.64. The molecule has 6 heteroatoms. The maximum atomic E-state index is 11.2. The number of carbonyl (C=O) groups excluding carboxylic acids is 1. The maximum Gasteiger partial charge on any atom is 0.326 e. The van der Waals surface area contributed by atoms with Crippen molar-refractivity contribution >= 4 is 11.9 Å². The standard InChI is InChI=1S/C9H18N2O4/c1-6(10)5-8(12)11-7(9(13)14)3-4-15-2/h6-7H,3-5,10H2,1-2H3,(H,11,12)(H,13,14). The molecule has 0 aliphatic carbocycles. The lowest BCUT2D eigenvalue weighted by Gasteiger charge is -2.14. The van der Waals surface area contributed by atoms with Gasteiger partial charge in [0.1, 0.15) is 6.04 Å². The third kappa shape index (κ3) is 6.87. The topological polar surface area (TPSA) is 102 Å². The highest BCUT2D eigenvalue weighted by molar-refractivity contribution is 5.83. The lowest BCUT2D eigenvalue weighted by Crippen LogP contribution is -2.43. The van der Waals surface area contributed by atoms with Gasteiger partial charge in [-0.05, 0) is 6.92 Å². The first-order chi connectivity index (χ1) is 6.97. The number of carboxylic acid groups (broad SMARTS) is 1. The summed E-state index contributed by atoms with van der Waals surface area (Å²) in [4.78, 5) is 22.0. The summed E-state index contributed by atoms with van der Waals surface area (Å²) in [6.07, 6.45) is 0.368.